The molecule has 3 aromatic rings. The molecular weight excluding hydrogens is 368 g/mol. The van der Waals surface area contributed by atoms with Crippen LogP contribution in [0.4, 0.5) is 0 Å². The summed E-state index contributed by atoms with van der Waals surface area (Å²) >= 11 is 0. The Hall–Kier alpha value is -3.41. The number of hydrogen-bond donors (Lipinski definition) is 1. The van der Waals surface area contributed by atoms with Crippen LogP contribution in [0, 0.1) is 13.8 Å². The molecule has 0 aliphatic rings. The minimum Gasteiger partial charge on any atom is -0.493 e. The number of benzene rings is 2. The number of amides is 1. The van der Waals surface area contributed by atoms with Crippen molar-refractivity contribution in [1.29, 1.82) is 0 Å². The lowest BCUT2D eigenvalue weighted by atomic mass is 10.1. The second kappa shape index (κ2) is 8.73. The lowest BCUT2D eigenvalue weighted by Crippen LogP contribution is -2.23. The first-order chi connectivity index (χ1) is 14.0. The van der Waals surface area contributed by atoms with Crippen molar-refractivity contribution >= 4 is 5.91 Å². The Morgan fingerprint density at radius 1 is 0.931 bits per heavy atom. The van der Waals surface area contributed by atoms with Gasteiger partial charge in [0.25, 0.3) is 5.91 Å². The van der Waals surface area contributed by atoms with Gasteiger partial charge in [-0.05, 0) is 49.7 Å². The topological polar surface area (TPSA) is 61.7 Å². The molecule has 152 valence electrons. The average molecular weight is 394 g/mol. The molecule has 0 unspecified atom stereocenters. The van der Waals surface area contributed by atoms with Crippen LogP contribution >= 0.6 is 0 Å². The van der Waals surface area contributed by atoms with Gasteiger partial charge in [-0.25, -0.2) is 0 Å². The van der Waals surface area contributed by atoms with E-state index in [-0.39, 0.29) is 5.91 Å². The van der Waals surface area contributed by atoms with Crippen molar-refractivity contribution in [2.75, 3.05) is 21.3 Å². The molecular formula is C23H26N2O4. The zero-order chi connectivity index (χ0) is 21.0. The first kappa shape index (κ1) is 20.3. The predicted octanol–water partition coefficient (Wildman–Crippen LogP) is 4.05. The van der Waals surface area contributed by atoms with Crippen molar-refractivity contribution in [3.8, 4) is 22.9 Å². The van der Waals surface area contributed by atoms with Gasteiger partial charge in [-0.15, -0.1) is 0 Å². The fourth-order valence-electron chi connectivity index (χ4n) is 3.47. The first-order valence-electron chi connectivity index (χ1n) is 9.31. The summed E-state index contributed by atoms with van der Waals surface area (Å²) in [6, 6.07) is 15.5. The van der Waals surface area contributed by atoms with Gasteiger partial charge in [-0.3, -0.25) is 4.79 Å². The fourth-order valence-corrected chi connectivity index (χ4v) is 3.47. The Kier molecular flexibility index (Phi) is 6.12. The third-order valence-corrected chi connectivity index (χ3v) is 4.92. The van der Waals surface area contributed by atoms with Crippen LogP contribution in [0.2, 0.25) is 0 Å². The summed E-state index contributed by atoms with van der Waals surface area (Å²) < 4.78 is 18.2. The molecule has 0 fully saturated rings. The van der Waals surface area contributed by atoms with E-state index in [1.807, 2.05) is 18.2 Å². The molecule has 0 aliphatic heterocycles. The molecule has 29 heavy (non-hydrogen) atoms. The van der Waals surface area contributed by atoms with Crippen LogP contribution in [0.5, 0.6) is 17.2 Å². The molecule has 0 bridgehead atoms. The highest BCUT2D eigenvalue weighted by atomic mass is 16.5. The molecule has 2 aromatic carbocycles. The van der Waals surface area contributed by atoms with Crippen LogP contribution in [0.25, 0.3) is 5.69 Å². The van der Waals surface area contributed by atoms with Crippen LogP contribution < -0.4 is 19.5 Å². The van der Waals surface area contributed by atoms with E-state index in [2.05, 4.69) is 41.9 Å². The van der Waals surface area contributed by atoms with Gasteiger partial charge in [0.15, 0.2) is 11.5 Å². The zero-order valence-corrected chi connectivity index (χ0v) is 17.4. The van der Waals surface area contributed by atoms with E-state index in [1.54, 1.807) is 12.1 Å². The summed E-state index contributed by atoms with van der Waals surface area (Å²) in [6.07, 6.45) is 0. The third kappa shape index (κ3) is 4.06. The molecule has 0 saturated carbocycles. The quantitative estimate of drug-likeness (QED) is 0.657. The van der Waals surface area contributed by atoms with Gasteiger partial charge in [0, 0.05) is 29.2 Å². The van der Waals surface area contributed by atoms with Gasteiger partial charge in [0.05, 0.1) is 21.3 Å². The summed E-state index contributed by atoms with van der Waals surface area (Å²) in [7, 11) is 4.58. The summed E-state index contributed by atoms with van der Waals surface area (Å²) in [4.78, 5) is 12.8. The molecule has 0 aliphatic carbocycles. The third-order valence-electron chi connectivity index (χ3n) is 4.92. The zero-order valence-electron chi connectivity index (χ0n) is 17.4. The number of rotatable bonds is 7. The number of aryl methyl sites for hydroxylation is 1. The van der Waals surface area contributed by atoms with Crippen molar-refractivity contribution in [1.82, 2.24) is 9.88 Å². The average Bonchev–Trinajstić information content (AvgIpc) is 3.04. The maximum Gasteiger partial charge on any atom is 0.251 e. The molecule has 6 nitrogen and oxygen atoms in total. The Bertz CT molecular complexity index is 984. The van der Waals surface area contributed by atoms with E-state index in [0.717, 1.165) is 22.6 Å². The minimum absolute atomic E-state index is 0.214. The minimum atomic E-state index is -0.214. The highest BCUT2D eigenvalue weighted by Gasteiger charge is 2.18. The summed E-state index contributed by atoms with van der Waals surface area (Å²) in [5.74, 6) is 1.13. The van der Waals surface area contributed by atoms with Crippen LogP contribution in [0.3, 0.4) is 0 Å². The van der Waals surface area contributed by atoms with E-state index >= 15 is 0 Å². The number of hydrogen-bond acceptors (Lipinski definition) is 4. The smallest absolute Gasteiger partial charge is 0.251 e. The lowest BCUT2D eigenvalue weighted by molar-refractivity contribution is 0.0950. The van der Waals surface area contributed by atoms with Gasteiger partial charge >= 0.3 is 0 Å². The van der Waals surface area contributed by atoms with E-state index in [1.165, 1.54) is 21.3 Å². The standard InChI is InChI=1S/C23H26N2O4/c1-15-11-18(16(2)25(15)19-9-7-6-8-10-19)14-24-23(26)17-12-20(27-3)22(29-5)21(13-17)28-4/h6-13H,14H2,1-5H3,(H,24,26). The van der Waals surface area contributed by atoms with Crippen molar-refractivity contribution < 1.29 is 19.0 Å². The second-order valence-corrected chi connectivity index (χ2v) is 6.66. The van der Waals surface area contributed by atoms with Crippen LogP contribution in [-0.2, 0) is 6.54 Å². The molecule has 1 heterocycles. The predicted molar refractivity (Wildman–Crippen MR) is 113 cm³/mol. The monoisotopic (exact) mass is 394 g/mol. The van der Waals surface area contributed by atoms with Gasteiger partial charge < -0.3 is 24.1 Å². The van der Waals surface area contributed by atoms with Crippen molar-refractivity contribution in [3.63, 3.8) is 0 Å². The molecule has 6 heteroatoms. The van der Waals surface area contributed by atoms with Gasteiger partial charge in [0.2, 0.25) is 5.75 Å². The molecule has 0 spiro atoms. The number of nitrogens with one attached hydrogen (secondary N) is 1. The molecule has 1 aromatic heterocycles. The second-order valence-electron chi connectivity index (χ2n) is 6.66. The molecule has 1 N–H and O–H groups in total. The molecule has 0 radical (unpaired) electrons. The summed E-state index contributed by atoms with van der Waals surface area (Å²) in [5.41, 5.74) is 4.82. The van der Waals surface area contributed by atoms with Gasteiger partial charge in [0.1, 0.15) is 0 Å². The number of aromatic nitrogens is 1. The largest absolute Gasteiger partial charge is 0.493 e. The van der Waals surface area contributed by atoms with Crippen LogP contribution in [0.15, 0.2) is 48.5 Å². The van der Waals surface area contributed by atoms with Gasteiger partial charge in [-0.1, -0.05) is 18.2 Å². The first-order valence-corrected chi connectivity index (χ1v) is 9.31. The number of ether oxygens (including phenoxy) is 3. The summed E-state index contributed by atoms with van der Waals surface area (Å²) in [6.45, 7) is 4.54. The van der Waals surface area contributed by atoms with Crippen molar-refractivity contribution in [3.05, 3.63) is 71.0 Å². The Morgan fingerprint density at radius 2 is 1.55 bits per heavy atom. The van der Waals surface area contributed by atoms with Crippen LogP contribution in [-0.4, -0.2) is 31.8 Å². The highest BCUT2D eigenvalue weighted by molar-refractivity contribution is 5.95. The maximum absolute atomic E-state index is 12.8. The Labute approximate surface area is 171 Å². The Balaban J connectivity index is 1.82. The normalized spacial score (nSPS) is 10.5. The van der Waals surface area contributed by atoms with Crippen LogP contribution in [0.1, 0.15) is 27.3 Å². The van der Waals surface area contributed by atoms with Crippen molar-refractivity contribution in [2.45, 2.75) is 20.4 Å². The number of nitrogens with zero attached hydrogens (tertiary/aromatic N) is 1. The molecule has 1 amide bonds. The van der Waals surface area contributed by atoms with E-state index in [0.29, 0.717) is 29.4 Å². The molecule has 0 atom stereocenters. The van der Waals surface area contributed by atoms with E-state index in [9.17, 15) is 4.79 Å². The fraction of sp³-hybridized carbons (Fsp3) is 0.261. The molecule has 3 rings (SSSR count). The van der Waals surface area contributed by atoms with Crippen molar-refractivity contribution in [2.24, 2.45) is 0 Å². The van der Waals surface area contributed by atoms with Gasteiger partial charge in [-0.2, -0.15) is 0 Å². The highest BCUT2D eigenvalue weighted by Crippen LogP contribution is 2.38. The molecule has 0 saturated heterocycles. The Morgan fingerprint density at radius 3 is 2.10 bits per heavy atom. The SMILES string of the molecule is COc1cc(C(=O)NCc2cc(C)n(-c3ccccc3)c2C)cc(OC)c1OC. The number of carbonyl (C=O) groups is 1. The number of methoxy groups -OCH3 is 3. The lowest BCUT2D eigenvalue weighted by Gasteiger charge is -2.14. The summed E-state index contributed by atoms with van der Waals surface area (Å²) in [5, 5.41) is 2.98. The number of para-hydroxylation sites is 1. The van der Waals surface area contributed by atoms with E-state index in [4.69, 9.17) is 14.2 Å². The maximum atomic E-state index is 12.8. The van der Waals surface area contributed by atoms with E-state index < -0.39 is 0 Å². The number of carbonyl (C=O) groups excluding carboxylic acids is 1.